The Labute approximate surface area is 106 Å². The summed E-state index contributed by atoms with van der Waals surface area (Å²) in [7, 11) is 1.33. The highest BCUT2D eigenvalue weighted by Gasteiger charge is 2.11. The molecule has 2 heterocycles. The third-order valence-corrected chi connectivity index (χ3v) is 2.86. The van der Waals surface area contributed by atoms with Crippen LogP contribution in [0.3, 0.4) is 0 Å². The van der Waals surface area contributed by atoms with Crippen LogP contribution in [-0.4, -0.2) is 32.7 Å². The third-order valence-electron chi connectivity index (χ3n) is 2.61. The molecule has 7 heteroatoms. The predicted molar refractivity (Wildman–Crippen MR) is 64.6 cm³/mol. The van der Waals surface area contributed by atoms with Gasteiger partial charge in [0.25, 0.3) is 0 Å². The van der Waals surface area contributed by atoms with Gasteiger partial charge in [-0.3, -0.25) is 4.40 Å². The van der Waals surface area contributed by atoms with Crippen molar-refractivity contribution >= 4 is 34.3 Å². The van der Waals surface area contributed by atoms with Gasteiger partial charge in [0.2, 0.25) is 0 Å². The molecule has 3 rings (SSSR count). The molecule has 0 fully saturated rings. The Kier molecular flexibility index (Phi) is 2.38. The summed E-state index contributed by atoms with van der Waals surface area (Å²) in [5.74, 6) is -0.418. The first kappa shape index (κ1) is 10.9. The van der Waals surface area contributed by atoms with Crippen molar-refractivity contribution in [3.05, 3.63) is 35.2 Å². The van der Waals surface area contributed by atoms with Crippen LogP contribution in [0.4, 0.5) is 0 Å². The number of carbonyl (C=O) groups is 1. The zero-order valence-corrected chi connectivity index (χ0v) is 10.0. The van der Waals surface area contributed by atoms with Crippen molar-refractivity contribution in [2.45, 2.75) is 0 Å². The highest BCUT2D eigenvalue weighted by Crippen LogP contribution is 2.21. The molecule has 0 aliphatic rings. The molecular weight excluding hydrogens is 256 g/mol. The van der Waals surface area contributed by atoms with Crippen LogP contribution in [-0.2, 0) is 4.74 Å². The van der Waals surface area contributed by atoms with E-state index >= 15 is 0 Å². The zero-order chi connectivity index (χ0) is 12.7. The summed E-state index contributed by atoms with van der Waals surface area (Å²) in [6.45, 7) is 0. The number of ether oxygens (including phenoxy) is 1. The van der Waals surface area contributed by atoms with E-state index in [1.807, 2.05) is 0 Å². The van der Waals surface area contributed by atoms with Crippen LogP contribution in [0.15, 0.2) is 24.5 Å². The van der Waals surface area contributed by atoms with Crippen molar-refractivity contribution in [1.29, 1.82) is 0 Å². The molecule has 0 atom stereocenters. The Balaban J connectivity index is 2.35. The van der Waals surface area contributed by atoms with Crippen molar-refractivity contribution in [2.75, 3.05) is 7.11 Å². The lowest BCUT2D eigenvalue weighted by Crippen LogP contribution is -2.02. The number of methoxy groups -OCH3 is 1. The van der Waals surface area contributed by atoms with Crippen LogP contribution in [0.2, 0.25) is 5.15 Å². The number of carbonyl (C=O) groups excluding carboxylic acids is 1. The molecule has 1 aromatic carbocycles. The molecule has 6 nitrogen and oxygen atoms in total. The summed E-state index contributed by atoms with van der Waals surface area (Å²) >= 11 is 5.99. The van der Waals surface area contributed by atoms with Gasteiger partial charge in [-0.1, -0.05) is 11.6 Å². The average molecular weight is 263 g/mol. The van der Waals surface area contributed by atoms with E-state index in [0.717, 1.165) is 5.52 Å². The number of hydrogen-bond acceptors (Lipinski definition) is 5. The van der Waals surface area contributed by atoms with E-state index in [9.17, 15) is 4.79 Å². The number of rotatable bonds is 1. The number of esters is 1. The van der Waals surface area contributed by atoms with Gasteiger partial charge in [-0.15, -0.1) is 10.2 Å². The summed E-state index contributed by atoms with van der Waals surface area (Å²) in [6.07, 6.45) is 1.54. The molecule has 0 saturated carbocycles. The number of fused-ring (bicyclic) bond motifs is 3. The van der Waals surface area contributed by atoms with Crippen LogP contribution >= 0.6 is 11.6 Å². The van der Waals surface area contributed by atoms with Crippen LogP contribution in [0.25, 0.3) is 16.7 Å². The van der Waals surface area contributed by atoms with Gasteiger partial charge in [0.05, 0.1) is 23.7 Å². The number of nitrogens with zero attached hydrogens (tertiary/aromatic N) is 4. The van der Waals surface area contributed by atoms with Crippen molar-refractivity contribution in [1.82, 2.24) is 19.6 Å². The lowest BCUT2D eigenvalue weighted by atomic mass is 10.2. The monoisotopic (exact) mass is 262 g/mol. The van der Waals surface area contributed by atoms with Gasteiger partial charge < -0.3 is 4.74 Å². The molecule has 0 spiro atoms. The smallest absolute Gasteiger partial charge is 0.337 e. The van der Waals surface area contributed by atoms with Gasteiger partial charge >= 0.3 is 5.97 Å². The topological polar surface area (TPSA) is 69.4 Å². The molecule has 0 bridgehead atoms. The summed E-state index contributed by atoms with van der Waals surface area (Å²) in [5, 5.41) is 7.89. The fraction of sp³-hybridized carbons (Fsp3) is 0.0909. The van der Waals surface area contributed by atoms with Crippen molar-refractivity contribution < 1.29 is 9.53 Å². The Morgan fingerprint density at radius 2 is 2.28 bits per heavy atom. The number of halogens is 1. The normalized spacial score (nSPS) is 11.0. The number of hydrogen-bond donors (Lipinski definition) is 0. The molecular formula is C11H7ClN4O2. The summed E-state index contributed by atoms with van der Waals surface area (Å²) in [4.78, 5) is 15.6. The lowest BCUT2D eigenvalue weighted by Gasteiger charge is -2.04. The number of benzene rings is 1. The molecule has 0 unspecified atom stereocenters. The third kappa shape index (κ3) is 1.50. The van der Waals surface area contributed by atoms with Crippen molar-refractivity contribution in [2.24, 2.45) is 0 Å². The zero-order valence-electron chi connectivity index (χ0n) is 9.29. The number of aromatic nitrogens is 4. The first-order chi connectivity index (χ1) is 8.70. The molecule has 0 radical (unpaired) electrons. The summed E-state index contributed by atoms with van der Waals surface area (Å²) in [5.41, 5.74) is 2.25. The van der Waals surface area contributed by atoms with E-state index in [4.69, 9.17) is 11.6 Å². The maximum absolute atomic E-state index is 11.4. The van der Waals surface area contributed by atoms with E-state index in [1.165, 1.54) is 7.11 Å². The highest BCUT2D eigenvalue weighted by molar-refractivity contribution is 6.32. The molecule has 0 N–H and O–H groups in total. The second kappa shape index (κ2) is 3.92. The largest absolute Gasteiger partial charge is 0.465 e. The van der Waals surface area contributed by atoms with Crippen LogP contribution in [0.1, 0.15) is 10.4 Å². The van der Waals surface area contributed by atoms with Gasteiger partial charge in [-0.05, 0) is 18.2 Å². The molecule has 0 aliphatic carbocycles. The standard InChI is InChI=1S/C11H7ClN4O2/c1-18-11(17)6-2-3-8-7(4-6)14-9(12)10-15-13-5-16(8)10/h2-5H,1H3. The minimum atomic E-state index is -0.418. The van der Waals surface area contributed by atoms with Gasteiger partial charge in [0, 0.05) is 0 Å². The molecule has 3 aromatic rings. The van der Waals surface area contributed by atoms with E-state index in [0.29, 0.717) is 16.7 Å². The predicted octanol–water partition coefficient (Wildman–Crippen LogP) is 1.72. The van der Waals surface area contributed by atoms with Gasteiger partial charge in [0.15, 0.2) is 10.8 Å². The Bertz CT molecular complexity index is 768. The minimum absolute atomic E-state index is 0.238. The first-order valence-corrected chi connectivity index (χ1v) is 5.46. The molecule has 0 saturated heterocycles. The molecule has 90 valence electrons. The maximum Gasteiger partial charge on any atom is 0.337 e. The van der Waals surface area contributed by atoms with E-state index in [-0.39, 0.29) is 5.15 Å². The van der Waals surface area contributed by atoms with E-state index in [2.05, 4.69) is 19.9 Å². The molecule has 2 aromatic heterocycles. The first-order valence-electron chi connectivity index (χ1n) is 5.08. The molecule has 0 amide bonds. The lowest BCUT2D eigenvalue weighted by molar-refractivity contribution is 0.0601. The van der Waals surface area contributed by atoms with Gasteiger partial charge in [-0.25, -0.2) is 9.78 Å². The van der Waals surface area contributed by atoms with Crippen molar-refractivity contribution in [3.8, 4) is 0 Å². The SMILES string of the molecule is COC(=O)c1ccc2c(c1)nc(Cl)c1nncn12. The summed E-state index contributed by atoms with van der Waals surface area (Å²) in [6, 6.07) is 5.02. The Hall–Kier alpha value is -2.21. The second-order valence-electron chi connectivity index (χ2n) is 3.62. The second-order valence-corrected chi connectivity index (χ2v) is 3.98. The van der Waals surface area contributed by atoms with Gasteiger partial charge in [-0.2, -0.15) is 0 Å². The molecule has 0 aliphatic heterocycles. The van der Waals surface area contributed by atoms with Gasteiger partial charge in [0.1, 0.15) is 6.33 Å². The van der Waals surface area contributed by atoms with Crippen LogP contribution < -0.4 is 0 Å². The average Bonchev–Trinajstić information content (AvgIpc) is 2.87. The van der Waals surface area contributed by atoms with E-state index < -0.39 is 5.97 Å². The quantitative estimate of drug-likeness (QED) is 0.625. The van der Waals surface area contributed by atoms with E-state index in [1.54, 1.807) is 28.9 Å². The Morgan fingerprint density at radius 3 is 3.06 bits per heavy atom. The van der Waals surface area contributed by atoms with Crippen LogP contribution in [0, 0.1) is 0 Å². The Morgan fingerprint density at radius 1 is 1.44 bits per heavy atom. The fourth-order valence-electron chi connectivity index (χ4n) is 1.77. The highest BCUT2D eigenvalue weighted by atomic mass is 35.5. The fourth-order valence-corrected chi connectivity index (χ4v) is 1.99. The maximum atomic E-state index is 11.4. The summed E-state index contributed by atoms with van der Waals surface area (Å²) < 4.78 is 6.37. The van der Waals surface area contributed by atoms with Crippen LogP contribution in [0.5, 0.6) is 0 Å². The minimum Gasteiger partial charge on any atom is -0.465 e. The molecule has 18 heavy (non-hydrogen) atoms. The van der Waals surface area contributed by atoms with Crippen molar-refractivity contribution in [3.63, 3.8) is 0 Å².